The first-order chi connectivity index (χ1) is 10.3. The van der Waals surface area contributed by atoms with Crippen molar-refractivity contribution in [1.29, 1.82) is 0 Å². The molecular weight excluding hydrogens is 296 g/mol. The highest BCUT2D eigenvalue weighted by atomic mass is 16.7. The molecule has 1 saturated carbocycles. The Labute approximate surface area is 128 Å². The minimum absolute atomic E-state index is 0.0254. The summed E-state index contributed by atoms with van der Waals surface area (Å²) in [6.45, 7) is 0.0254. The van der Waals surface area contributed by atoms with E-state index in [0.29, 0.717) is 0 Å². The van der Waals surface area contributed by atoms with Gasteiger partial charge in [-0.1, -0.05) is 0 Å². The van der Waals surface area contributed by atoms with Gasteiger partial charge >= 0.3 is 0 Å². The fourth-order valence-corrected chi connectivity index (χ4v) is 2.90. The van der Waals surface area contributed by atoms with E-state index in [9.17, 15) is 20.4 Å². The minimum atomic E-state index is -1.43. The molecule has 10 heteroatoms. The van der Waals surface area contributed by atoms with E-state index in [4.69, 9.17) is 32.4 Å². The lowest BCUT2D eigenvalue weighted by Crippen LogP contribution is -2.67. The van der Waals surface area contributed by atoms with Crippen LogP contribution in [-0.2, 0) is 9.47 Å². The summed E-state index contributed by atoms with van der Waals surface area (Å²) in [5.41, 5.74) is 22.8. The molecule has 0 aromatic heterocycles. The Balaban J connectivity index is 2.08. The molecule has 130 valence electrons. The van der Waals surface area contributed by atoms with Crippen LogP contribution >= 0.6 is 0 Å². The van der Waals surface area contributed by atoms with Crippen molar-refractivity contribution >= 4 is 0 Å². The first kappa shape index (κ1) is 17.9. The zero-order valence-electron chi connectivity index (χ0n) is 12.1. The lowest BCUT2D eigenvalue weighted by atomic mass is 9.84. The molecule has 2 fully saturated rings. The van der Waals surface area contributed by atoms with Crippen LogP contribution < -0.4 is 22.9 Å². The molecule has 1 heterocycles. The third kappa shape index (κ3) is 3.26. The largest absolute Gasteiger partial charge is 0.389 e. The van der Waals surface area contributed by atoms with Crippen LogP contribution in [0.5, 0.6) is 0 Å². The van der Waals surface area contributed by atoms with Crippen molar-refractivity contribution in [1.82, 2.24) is 0 Å². The molecule has 0 aromatic rings. The predicted molar refractivity (Wildman–Crippen MR) is 75.2 cm³/mol. The number of aliphatic hydroxyl groups excluding tert-OH is 4. The predicted octanol–water partition coefficient (Wildman–Crippen LogP) is -5.12. The number of hydrogen-bond acceptors (Lipinski definition) is 10. The molecule has 10 atom stereocenters. The highest BCUT2D eigenvalue weighted by Crippen LogP contribution is 2.27. The van der Waals surface area contributed by atoms with E-state index in [1.165, 1.54) is 0 Å². The van der Waals surface area contributed by atoms with E-state index in [1.54, 1.807) is 0 Å². The molecule has 1 aliphatic heterocycles. The maximum Gasteiger partial charge on any atom is 0.187 e. The Morgan fingerprint density at radius 1 is 0.909 bits per heavy atom. The summed E-state index contributed by atoms with van der Waals surface area (Å²) >= 11 is 0. The smallest absolute Gasteiger partial charge is 0.187 e. The minimum Gasteiger partial charge on any atom is -0.389 e. The van der Waals surface area contributed by atoms with E-state index in [0.717, 1.165) is 0 Å². The van der Waals surface area contributed by atoms with Crippen molar-refractivity contribution < 1.29 is 29.9 Å². The monoisotopic (exact) mass is 322 g/mol. The van der Waals surface area contributed by atoms with Crippen LogP contribution in [0.3, 0.4) is 0 Å². The molecule has 2 rings (SSSR count). The van der Waals surface area contributed by atoms with Gasteiger partial charge in [0.25, 0.3) is 0 Å². The van der Waals surface area contributed by atoms with Crippen LogP contribution in [-0.4, -0.2) is 88.0 Å². The normalized spacial score (nSPS) is 53.5. The summed E-state index contributed by atoms with van der Waals surface area (Å²) in [4.78, 5) is 0. The highest BCUT2D eigenvalue weighted by molar-refractivity contribution is 4.99. The van der Waals surface area contributed by atoms with Crippen LogP contribution in [0.1, 0.15) is 6.42 Å². The number of hydrogen-bond donors (Lipinski definition) is 8. The molecule has 0 aromatic carbocycles. The van der Waals surface area contributed by atoms with Crippen molar-refractivity contribution in [3.8, 4) is 0 Å². The Morgan fingerprint density at radius 3 is 2.14 bits per heavy atom. The van der Waals surface area contributed by atoms with Gasteiger partial charge in [-0.15, -0.1) is 0 Å². The third-order valence-electron chi connectivity index (χ3n) is 4.38. The van der Waals surface area contributed by atoms with E-state index in [-0.39, 0.29) is 13.0 Å². The molecule has 22 heavy (non-hydrogen) atoms. The third-order valence-corrected chi connectivity index (χ3v) is 4.38. The van der Waals surface area contributed by atoms with Gasteiger partial charge in [0.05, 0.1) is 18.2 Å². The average Bonchev–Trinajstić information content (AvgIpc) is 2.49. The molecule has 1 aliphatic carbocycles. The van der Waals surface area contributed by atoms with Crippen molar-refractivity contribution in [3.63, 3.8) is 0 Å². The SMILES string of the molecule is NC[C@H]1O[C@H](O[C@@H]2[C@@H](O)[C@@H](O)[C@H](N)C[C@@H]2N)[C@H](O)[C@@H](O)[C@@H]1N. The second-order valence-electron chi connectivity index (χ2n) is 5.98. The van der Waals surface area contributed by atoms with Crippen LogP contribution in [0, 0.1) is 0 Å². The summed E-state index contributed by atoms with van der Waals surface area (Å²) in [5, 5.41) is 39.8. The quantitative estimate of drug-likeness (QED) is 0.248. The van der Waals surface area contributed by atoms with Gasteiger partial charge in [0.1, 0.15) is 24.4 Å². The van der Waals surface area contributed by atoms with Gasteiger partial charge in [-0.3, -0.25) is 0 Å². The van der Waals surface area contributed by atoms with Crippen LogP contribution in [0.15, 0.2) is 0 Å². The molecule has 12 N–H and O–H groups in total. The van der Waals surface area contributed by atoms with Gasteiger partial charge in [0.15, 0.2) is 6.29 Å². The maximum atomic E-state index is 10.1. The molecule has 0 spiro atoms. The molecule has 2 aliphatic rings. The first-order valence-electron chi connectivity index (χ1n) is 7.28. The van der Waals surface area contributed by atoms with Crippen molar-refractivity contribution in [3.05, 3.63) is 0 Å². The summed E-state index contributed by atoms with van der Waals surface area (Å²) in [7, 11) is 0. The maximum absolute atomic E-state index is 10.1. The van der Waals surface area contributed by atoms with Gasteiger partial charge in [-0.2, -0.15) is 0 Å². The van der Waals surface area contributed by atoms with Crippen LogP contribution in [0.4, 0.5) is 0 Å². The zero-order chi connectivity index (χ0) is 16.6. The Bertz CT molecular complexity index is 376. The Morgan fingerprint density at radius 2 is 1.55 bits per heavy atom. The van der Waals surface area contributed by atoms with E-state index in [1.807, 2.05) is 0 Å². The number of rotatable bonds is 3. The van der Waals surface area contributed by atoms with Gasteiger partial charge in [-0.25, -0.2) is 0 Å². The zero-order valence-corrected chi connectivity index (χ0v) is 12.1. The highest BCUT2D eigenvalue weighted by Gasteiger charge is 2.47. The molecule has 0 unspecified atom stereocenters. The molecule has 10 nitrogen and oxygen atoms in total. The summed E-state index contributed by atoms with van der Waals surface area (Å²) in [6.07, 6.45) is -8.02. The second-order valence-corrected chi connectivity index (χ2v) is 5.98. The molecule has 0 bridgehead atoms. The Hall–Kier alpha value is -0.400. The summed E-state index contributed by atoms with van der Waals surface area (Å²) < 4.78 is 10.9. The number of ether oxygens (including phenoxy) is 2. The average molecular weight is 322 g/mol. The lowest BCUT2D eigenvalue weighted by Gasteiger charge is -2.45. The van der Waals surface area contributed by atoms with Crippen LogP contribution in [0.25, 0.3) is 0 Å². The number of nitrogens with two attached hydrogens (primary N) is 4. The Kier molecular flexibility index (Phi) is 5.72. The van der Waals surface area contributed by atoms with E-state index in [2.05, 4.69) is 0 Å². The summed E-state index contributed by atoms with van der Waals surface area (Å²) in [6, 6.07) is -2.19. The first-order valence-corrected chi connectivity index (χ1v) is 7.28. The standard InChI is InChI=1S/C12H26N4O6/c13-2-5-6(16)8(18)10(20)12(21-5)22-11-4(15)1-3(14)7(17)9(11)19/h3-12,17-20H,1-2,13-16H2/t3-,4+,5-,6-,7+,8+,9+,10-,11+,12-/m1/s1. The van der Waals surface area contributed by atoms with Crippen molar-refractivity contribution in [2.24, 2.45) is 22.9 Å². The van der Waals surface area contributed by atoms with Crippen molar-refractivity contribution in [2.45, 2.75) is 67.5 Å². The lowest BCUT2D eigenvalue weighted by molar-refractivity contribution is -0.300. The van der Waals surface area contributed by atoms with Gasteiger partial charge in [0.2, 0.25) is 0 Å². The van der Waals surface area contributed by atoms with E-state index >= 15 is 0 Å². The van der Waals surface area contributed by atoms with Crippen LogP contribution in [0.2, 0.25) is 0 Å². The molecular formula is C12H26N4O6. The molecule has 1 saturated heterocycles. The fourth-order valence-electron chi connectivity index (χ4n) is 2.90. The van der Waals surface area contributed by atoms with Gasteiger partial charge in [0, 0.05) is 18.6 Å². The topological polar surface area (TPSA) is 203 Å². The second kappa shape index (κ2) is 7.01. The molecule has 0 amide bonds. The summed E-state index contributed by atoms with van der Waals surface area (Å²) in [5.74, 6) is 0. The van der Waals surface area contributed by atoms with Gasteiger partial charge < -0.3 is 52.8 Å². The fraction of sp³-hybridized carbons (Fsp3) is 1.00. The van der Waals surface area contributed by atoms with E-state index < -0.39 is 61.0 Å². The molecule has 0 radical (unpaired) electrons. The van der Waals surface area contributed by atoms with Crippen molar-refractivity contribution in [2.75, 3.05) is 6.54 Å². The number of aliphatic hydroxyl groups is 4. The van der Waals surface area contributed by atoms with Gasteiger partial charge in [-0.05, 0) is 6.42 Å².